The van der Waals surface area contributed by atoms with Gasteiger partial charge in [0, 0.05) is 31.6 Å². The Labute approximate surface area is 189 Å². The maximum absolute atomic E-state index is 13.3. The van der Waals surface area contributed by atoms with Crippen molar-refractivity contribution in [1.29, 1.82) is 5.26 Å². The molecule has 32 heavy (non-hydrogen) atoms. The van der Waals surface area contributed by atoms with E-state index in [9.17, 15) is 4.79 Å². The molecule has 7 heteroatoms. The second kappa shape index (κ2) is 8.16. The van der Waals surface area contributed by atoms with E-state index in [1.54, 1.807) is 11.2 Å². The van der Waals surface area contributed by atoms with Crippen molar-refractivity contribution in [2.45, 2.75) is 77.3 Å². The molecule has 6 rings (SSSR count). The van der Waals surface area contributed by atoms with E-state index in [1.165, 1.54) is 25.7 Å². The highest BCUT2D eigenvalue weighted by Gasteiger charge is 2.71. The highest BCUT2D eigenvalue weighted by Crippen LogP contribution is 2.76. The molecule has 3 aliphatic carbocycles. The summed E-state index contributed by atoms with van der Waals surface area (Å²) in [6.45, 7) is 2.90. The Balaban J connectivity index is 1.04. The molecule has 1 unspecified atom stereocenters. The topological polar surface area (TPSA) is 87.2 Å². The molecule has 0 spiro atoms. The second-order valence-corrected chi connectivity index (χ2v) is 10.0. The normalized spacial score (nSPS) is 27.6. The van der Waals surface area contributed by atoms with Crippen LogP contribution in [0.3, 0.4) is 0 Å². The van der Waals surface area contributed by atoms with Crippen molar-refractivity contribution in [2.75, 3.05) is 0 Å². The number of amides is 1. The fourth-order valence-corrected chi connectivity index (χ4v) is 5.94. The SMILES string of the molecule is Cc1ccc(C2CC=NN2C(=O)C23CC(CCCCCCn4cc(C#N)cn4)(C2)C3)nc1. The third-order valence-corrected chi connectivity index (χ3v) is 7.51. The molecule has 1 aliphatic heterocycles. The number of aromatic nitrogens is 3. The predicted octanol–water partition coefficient (Wildman–Crippen LogP) is 4.54. The molecule has 4 aliphatic rings. The number of pyridine rings is 1. The van der Waals surface area contributed by atoms with Gasteiger partial charge in [-0.3, -0.25) is 14.5 Å². The van der Waals surface area contributed by atoms with Crippen LogP contribution < -0.4 is 0 Å². The third-order valence-electron chi connectivity index (χ3n) is 7.51. The zero-order chi connectivity index (χ0) is 22.2. The number of carbonyl (C=O) groups is 1. The Hall–Kier alpha value is -3.01. The van der Waals surface area contributed by atoms with E-state index in [1.807, 2.05) is 36.3 Å². The van der Waals surface area contributed by atoms with Gasteiger partial charge in [-0.1, -0.05) is 25.3 Å². The summed E-state index contributed by atoms with van der Waals surface area (Å²) >= 11 is 0. The molecule has 1 amide bonds. The minimum atomic E-state index is -0.164. The predicted molar refractivity (Wildman–Crippen MR) is 120 cm³/mol. The number of hydrogen-bond donors (Lipinski definition) is 0. The quantitative estimate of drug-likeness (QED) is 0.547. The van der Waals surface area contributed by atoms with Crippen LogP contribution in [-0.2, 0) is 11.3 Å². The van der Waals surface area contributed by atoms with Crippen LogP contribution >= 0.6 is 0 Å². The summed E-state index contributed by atoms with van der Waals surface area (Å²) in [5.74, 6) is 0.205. The number of carbonyl (C=O) groups excluding carboxylic acids is 1. The van der Waals surface area contributed by atoms with Crippen LogP contribution in [0.25, 0.3) is 0 Å². The smallest absolute Gasteiger partial charge is 0.249 e. The molecular weight excluding hydrogens is 400 g/mol. The number of unbranched alkanes of at least 4 members (excludes halogenated alkanes) is 3. The minimum absolute atomic E-state index is 0.0490. The van der Waals surface area contributed by atoms with Crippen LogP contribution in [-0.4, -0.2) is 31.9 Å². The molecule has 0 aromatic carbocycles. The first kappa shape index (κ1) is 20.9. The van der Waals surface area contributed by atoms with Gasteiger partial charge in [0.25, 0.3) is 0 Å². The zero-order valence-electron chi connectivity index (χ0n) is 18.7. The van der Waals surface area contributed by atoms with E-state index >= 15 is 0 Å². The first-order valence-corrected chi connectivity index (χ1v) is 11.7. The molecule has 7 nitrogen and oxygen atoms in total. The van der Waals surface area contributed by atoms with Crippen molar-refractivity contribution >= 4 is 12.1 Å². The standard InChI is InChI=1S/C25H30N6O/c1-19-6-7-21(27-13-19)22-8-10-28-31(22)23(32)25-16-24(17-25,18-25)9-4-2-3-5-11-30-15-20(12-26)14-29-30/h6-7,10,13-15,22H,2-5,8-9,11,16-18H2,1H3. The van der Waals surface area contributed by atoms with Crippen LogP contribution in [0.1, 0.15) is 80.7 Å². The Morgan fingerprint density at radius 3 is 2.72 bits per heavy atom. The van der Waals surface area contributed by atoms with Gasteiger partial charge in [-0.15, -0.1) is 0 Å². The van der Waals surface area contributed by atoms with E-state index in [0.29, 0.717) is 11.0 Å². The van der Waals surface area contributed by atoms with E-state index in [0.717, 1.165) is 49.9 Å². The first-order chi connectivity index (χ1) is 15.5. The van der Waals surface area contributed by atoms with Crippen molar-refractivity contribution in [2.24, 2.45) is 15.9 Å². The second-order valence-electron chi connectivity index (χ2n) is 10.0. The minimum Gasteiger partial charge on any atom is -0.272 e. The molecule has 2 aromatic heterocycles. The number of hydrogen-bond acceptors (Lipinski definition) is 5. The van der Waals surface area contributed by atoms with Gasteiger partial charge in [-0.2, -0.15) is 15.5 Å². The van der Waals surface area contributed by atoms with E-state index in [2.05, 4.69) is 27.3 Å². The molecule has 0 saturated heterocycles. The Bertz CT molecular complexity index is 1040. The van der Waals surface area contributed by atoms with Gasteiger partial charge in [-0.25, -0.2) is 5.01 Å². The highest BCUT2D eigenvalue weighted by atomic mass is 16.2. The first-order valence-electron chi connectivity index (χ1n) is 11.7. The van der Waals surface area contributed by atoms with Gasteiger partial charge in [0.1, 0.15) is 12.1 Å². The molecule has 1 atom stereocenters. The van der Waals surface area contributed by atoms with Crippen molar-refractivity contribution < 1.29 is 4.79 Å². The Morgan fingerprint density at radius 2 is 2.00 bits per heavy atom. The average molecular weight is 431 g/mol. The largest absolute Gasteiger partial charge is 0.272 e. The number of rotatable bonds is 9. The van der Waals surface area contributed by atoms with Crippen LogP contribution in [0.2, 0.25) is 0 Å². The lowest BCUT2D eigenvalue weighted by Crippen LogP contribution is -2.67. The lowest BCUT2D eigenvalue weighted by molar-refractivity contribution is -0.220. The Kier molecular flexibility index (Phi) is 5.32. The number of hydrazone groups is 1. The van der Waals surface area contributed by atoms with Crippen LogP contribution in [0.5, 0.6) is 0 Å². The molecule has 0 N–H and O–H groups in total. The lowest BCUT2D eigenvalue weighted by Gasteiger charge is -2.70. The van der Waals surface area contributed by atoms with Gasteiger partial charge >= 0.3 is 0 Å². The molecule has 166 valence electrons. The molecule has 0 radical (unpaired) electrons. The summed E-state index contributed by atoms with van der Waals surface area (Å²) in [7, 11) is 0. The summed E-state index contributed by atoms with van der Waals surface area (Å²) in [6, 6.07) is 6.14. The number of aryl methyl sites for hydroxylation is 2. The summed E-state index contributed by atoms with van der Waals surface area (Å²) < 4.78 is 1.86. The molecule has 3 fully saturated rings. The summed E-state index contributed by atoms with van der Waals surface area (Å²) in [4.78, 5) is 17.9. The molecule has 3 heterocycles. The zero-order valence-corrected chi connectivity index (χ0v) is 18.7. The highest BCUT2D eigenvalue weighted by molar-refractivity contribution is 5.88. The van der Waals surface area contributed by atoms with Crippen molar-refractivity contribution in [3.63, 3.8) is 0 Å². The molecule has 2 bridgehead atoms. The third kappa shape index (κ3) is 3.72. The maximum atomic E-state index is 13.3. The van der Waals surface area contributed by atoms with Gasteiger partial charge in [0.05, 0.1) is 22.9 Å². The Morgan fingerprint density at radius 1 is 1.19 bits per heavy atom. The van der Waals surface area contributed by atoms with Gasteiger partial charge in [0.15, 0.2) is 0 Å². The van der Waals surface area contributed by atoms with Gasteiger partial charge in [-0.05, 0) is 56.1 Å². The number of nitrogens with zero attached hydrogens (tertiary/aromatic N) is 6. The van der Waals surface area contributed by atoms with Crippen LogP contribution in [0.15, 0.2) is 35.8 Å². The number of nitriles is 1. The maximum Gasteiger partial charge on any atom is 0.249 e. The van der Waals surface area contributed by atoms with E-state index < -0.39 is 0 Å². The fourth-order valence-electron chi connectivity index (χ4n) is 5.94. The van der Waals surface area contributed by atoms with Crippen LogP contribution in [0.4, 0.5) is 0 Å². The van der Waals surface area contributed by atoms with Crippen molar-refractivity contribution in [3.05, 3.63) is 47.5 Å². The van der Waals surface area contributed by atoms with Crippen molar-refractivity contribution in [3.8, 4) is 6.07 Å². The van der Waals surface area contributed by atoms with E-state index in [-0.39, 0.29) is 17.4 Å². The summed E-state index contributed by atoms with van der Waals surface area (Å²) in [5, 5.41) is 19.2. The van der Waals surface area contributed by atoms with Crippen LogP contribution in [0, 0.1) is 29.1 Å². The molecular formula is C25H30N6O. The average Bonchev–Trinajstić information content (AvgIpc) is 3.40. The molecule has 2 aromatic rings. The van der Waals surface area contributed by atoms with E-state index in [4.69, 9.17) is 5.26 Å². The lowest BCUT2D eigenvalue weighted by atomic mass is 9.33. The summed E-state index contributed by atoms with van der Waals surface area (Å²) in [6.07, 6.45) is 16.9. The monoisotopic (exact) mass is 430 g/mol. The van der Waals surface area contributed by atoms with Gasteiger partial charge in [0.2, 0.25) is 5.91 Å². The fraction of sp³-hybridized carbons (Fsp3) is 0.560. The van der Waals surface area contributed by atoms with Crippen molar-refractivity contribution in [1.82, 2.24) is 19.8 Å². The summed E-state index contributed by atoms with van der Waals surface area (Å²) in [5.41, 5.74) is 2.92. The van der Waals surface area contributed by atoms with Gasteiger partial charge < -0.3 is 0 Å². The molecule has 3 saturated carbocycles.